The summed E-state index contributed by atoms with van der Waals surface area (Å²) in [4.78, 5) is 0. The maximum Gasteiger partial charge on any atom is 0.191 e. The third-order valence-corrected chi connectivity index (χ3v) is 4.49. The van der Waals surface area contributed by atoms with Crippen LogP contribution < -0.4 is 4.74 Å². The minimum absolute atomic E-state index is 0.838. The average molecular weight is 311 g/mol. The van der Waals surface area contributed by atoms with Crippen molar-refractivity contribution in [1.82, 2.24) is 14.8 Å². The largest absolute Gasteiger partial charge is 0.497 e. The molecule has 0 amide bonds. The number of hydrogen-bond acceptors (Lipinski definition) is 4. The molecule has 3 rings (SSSR count). The van der Waals surface area contributed by atoms with Gasteiger partial charge < -0.3 is 9.30 Å². The van der Waals surface area contributed by atoms with Gasteiger partial charge in [0, 0.05) is 18.4 Å². The highest BCUT2D eigenvalue weighted by molar-refractivity contribution is 7.98. The van der Waals surface area contributed by atoms with Gasteiger partial charge in [0.25, 0.3) is 0 Å². The SMILES string of the molecule is COc1ccc(-c2nnc(SCc3ccccc3)n2C)cc1. The van der Waals surface area contributed by atoms with Crippen molar-refractivity contribution < 1.29 is 4.74 Å². The molecule has 1 heterocycles. The Morgan fingerprint density at radius 2 is 1.73 bits per heavy atom. The van der Waals surface area contributed by atoms with E-state index in [9.17, 15) is 0 Å². The van der Waals surface area contributed by atoms with Gasteiger partial charge in [0.2, 0.25) is 0 Å². The Morgan fingerprint density at radius 1 is 1.00 bits per heavy atom. The number of aromatic nitrogens is 3. The zero-order valence-electron chi connectivity index (χ0n) is 12.6. The lowest BCUT2D eigenvalue weighted by atomic mass is 10.2. The van der Waals surface area contributed by atoms with Gasteiger partial charge in [0.15, 0.2) is 11.0 Å². The lowest BCUT2D eigenvalue weighted by molar-refractivity contribution is 0.415. The first-order valence-corrected chi connectivity index (χ1v) is 7.97. The zero-order chi connectivity index (χ0) is 15.4. The van der Waals surface area contributed by atoms with Gasteiger partial charge in [-0.2, -0.15) is 0 Å². The molecule has 0 aliphatic carbocycles. The van der Waals surface area contributed by atoms with E-state index in [0.29, 0.717) is 0 Å². The Bertz CT molecular complexity index is 738. The molecule has 0 bridgehead atoms. The molecule has 0 saturated carbocycles. The molecule has 0 radical (unpaired) electrons. The van der Waals surface area contributed by atoms with Gasteiger partial charge in [-0.1, -0.05) is 42.1 Å². The summed E-state index contributed by atoms with van der Waals surface area (Å²) >= 11 is 1.69. The molecule has 5 heteroatoms. The second-order valence-electron chi connectivity index (χ2n) is 4.87. The summed E-state index contributed by atoms with van der Waals surface area (Å²) in [6, 6.07) is 18.2. The first-order chi connectivity index (χ1) is 10.8. The van der Waals surface area contributed by atoms with Gasteiger partial charge in [-0.3, -0.25) is 0 Å². The molecular formula is C17H17N3OS. The molecule has 0 N–H and O–H groups in total. The van der Waals surface area contributed by atoms with Gasteiger partial charge in [0.05, 0.1) is 7.11 Å². The van der Waals surface area contributed by atoms with Crippen molar-refractivity contribution in [2.45, 2.75) is 10.9 Å². The van der Waals surface area contributed by atoms with E-state index in [1.54, 1.807) is 18.9 Å². The second-order valence-corrected chi connectivity index (χ2v) is 5.81. The standard InChI is InChI=1S/C17H17N3OS/c1-20-16(14-8-10-15(21-2)11-9-14)18-19-17(20)22-12-13-6-4-3-5-7-13/h3-11H,12H2,1-2H3. The zero-order valence-corrected chi connectivity index (χ0v) is 13.4. The predicted octanol–water partition coefficient (Wildman–Crippen LogP) is 3.78. The molecule has 0 unspecified atom stereocenters. The van der Waals surface area contributed by atoms with E-state index in [4.69, 9.17) is 4.74 Å². The molecule has 0 atom stereocenters. The van der Waals surface area contributed by atoms with Crippen LogP contribution in [0.5, 0.6) is 5.75 Å². The Morgan fingerprint density at radius 3 is 2.41 bits per heavy atom. The van der Waals surface area contributed by atoms with Gasteiger partial charge in [-0.25, -0.2) is 0 Å². The second kappa shape index (κ2) is 6.66. The van der Waals surface area contributed by atoms with E-state index < -0.39 is 0 Å². The first kappa shape index (κ1) is 14.7. The predicted molar refractivity (Wildman–Crippen MR) is 89.0 cm³/mol. The molecule has 1 aromatic heterocycles. The van der Waals surface area contributed by atoms with Crippen LogP contribution in [0.4, 0.5) is 0 Å². The third kappa shape index (κ3) is 3.14. The lowest BCUT2D eigenvalue weighted by Crippen LogP contribution is -1.95. The van der Waals surface area contributed by atoms with E-state index in [2.05, 4.69) is 34.5 Å². The molecule has 112 valence electrons. The van der Waals surface area contributed by atoms with Crippen molar-refractivity contribution >= 4 is 11.8 Å². The monoisotopic (exact) mass is 311 g/mol. The highest BCUT2D eigenvalue weighted by Crippen LogP contribution is 2.26. The smallest absolute Gasteiger partial charge is 0.191 e. The number of methoxy groups -OCH3 is 1. The van der Waals surface area contributed by atoms with E-state index in [-0.39, 0.29) is 0 Å². The fourth-order valence-electron chi connectivity index (χ4n) is 2.15. The Balaban J connectivity index is 1.76. The van der Waals surface area contributed by atoms with Crippen LogP contribution in [-0.2, 0) is 12.8 Å². The van der Waals surface area contributed by atoms with Gasteiger partial charge in [0.1, 0.15) is 5.75 Å². The quantitative estimate of drug-likeness (QED) is 0.672. The third-order valence-electron chi connectivity index (χ3n) is 3.39. The fraction of sp³-hybridized carbons (Fsp3) is 0.176. The average Bonchev–Trinajstić information content (AvgIpc) is 2.95. The summed E-state index contributed by atoms with van der Waals surface area (Å²) in [6.45, 7) is 0. The van der Waals surface area contributed by atoms with E-state index >= 15 is 0 Å². The van der Waals surface area contributed by atoms with Crippen LogP contribution in [0.3, 0.4) is 0 Å². The molecule has 0 aliphatic heterocycles. The summed E-state index contributed by atoms with van der Waals surface area (Å²) in [5, 5.41) is 9.51. The molecule has 0 aliphatic rings. The lowest BCUT2D eigenvalue weighted by Gasteiger charge is -2.05. The van der Waals surface area contributed by atoms with Crippen LogP contribution in [0.15, 0.2) is 59.8 Å². The van der Waals surface area contributed by atoms with Crippen LogP contribution in [-0.4, -0.2) is 21.9 Å². The van der Waals surface area contributed by atoms with Crippen LogP contribution in [0.2, 0.25) is 0 Å². The van der Waals surface area contributed by atoms with Gasteiger partial charge in [-0.15, -0.1) is 10.2 Å². The van der Waals surface area contributed by atoms with Crippen molar-refractivity contribution in [1.29, 1.82) is 0 Å². The van der Waals surface area contributed by atoms with Crippen LogP contribution in [0.25, 0.3) is 11.4 Å². The summed E-state index contributed by atoms with van der Waals surface area (Å²) in [5.74, 6) is 2.58. The minimum atomic E-state index is 0.838. The minimum Gasteiger partial charge on any atom is -0.497 e. The summed E-state index contributed by atoms with van der Waals surface area (Å²) in [7, 11) is 3.66. The van der Waals surface area contributed by atoms with E-state index in [1.807, 2.05) is 41.9 Å². The number of nitrogens with zero attached hydrogens (tertiary/aromatic N) is 3. The van der Waals surface area contributed by atoms with Crippen molar-refractivity contribution in [3.8, 4) is 17.1 Å². The highest BCUT2D eigenvalue weighted by atomic mass is 32.2. The van der Waals surface area contributed by atoms with Crippen LogP contribution in [0.1, 0.15) is 5.56 Å². The molecule has 3 aromatic rings. The molecule has 4 nitrogen and oxygen atoms in total. The molecule has 0 saturated heterocycles. The Hall–Kier alpha value is -2.27. The summed E-state index contributed by atoms with van der Waals surface area (Å²) in [6.07, 6.45) is 0. The fourth-order valence-corrected chi connectivity index (χ4v) is 3.02. The van der Waals surface area contributed by atoms with Crippen LogP contribution >= 0.6 is 11.8 Å². The van der Waals surface area contributed by atoms with Crippen molar-refractivity contribution in [2.75, 3.05) is 7.11 Å². The molecular weight excluding hydrogens is 294 g/mol. The van der Waals surface area contributed by atoms with Gasteiger partial charge >= 0.3 is 0 Å². The van der Waals surface area contributed by atoms with E-state index in [1.165, 1.54) is 5.56 Å². The number of rotatable bonds is 5. The Labute approximate surface area is 134 Å². The summed E-state index contributed by atoms with van der Waals surface area (Å²) < 4.78 is 7.20. The first-order valence-electron chi connectivity index (χ1n) is 6.98. The highest BCUT2D eigenvalue weighted by Gasteiger charge is 2.11. The maximum atomic E-state index is 5.18. The number of hydrogen-bond donors (Lipinski definition) is 0. The molecule has 0 fully saturated rings. The molecule has 0 spiro atoms. The van der Waals surface area contributed by atoms with Crippen molar-refractivity contribution in [3.63, 3.8) is 0 Å². The number of thioether (sulfide) groups is 1. The van der Waals surface area contributed by atoms with Gasteiger partial charge in [-0.05, 0) is 29.8 Å². The van der Waals surface area contributed by atoms with E-state index in [0.717, 1.165) is 28.0 Å². The summed E-state index contributed by atoms with van der Waals surface area (Å²) in [5.41, 5.74) is 2.31. The maximum absolute atomic E-state index is 5.18. The normalized spacial score (nSPS) is 10.6. The Kier molecular flexibility index (Phi) is 4.44. The van der Waals surface area contributed by atoms with Crippen LogP contribution in [0, 0.1) is 0 Å². The topological polar surface area (TPSA) is 39.9 Å². The van der Waals surface area contributed by atoms with Crippen molar-refractivity contribution in [2.24, 2.45) is 7.05 Å². The number of benzene rings is 2. The molecule has 22 heavy (non-hydrogen) atoms. The number of ether oxygens (including phenoxy) is 1. The van der Waals surface area contributed by atoms with Crippen molar-refractivity contribution in [3.05, 3.63) is 60.2 Å². The molecule has 2 aromatic carbocycles.